The molecule has 1 atom stereocenters. The lowest BCUT2D eigenvalue weighted by atomic mass is 9.95. The van der Waals surface area contributed by atoms with Gasteiger partial charge in [-0.15, -0.1) is 0 Å². The number of amides is 1. The summed E-state index contributed by atoms with van der Waals surface area (Å²) in [4.78, 5) is 29.0. The zero-order valence-corrected chi connectivity index (χ0v) is 18.5. The normalized spacial score (nSPS) is 20.7. The van der Waals surface area contributed by atoms with E-state index in [-0.39, 0.29) is 5.57 Å². The third-order valence-electron chi connectivity index (χ3n) is 6.04. The van der Waals surface area contributed by atoms with E-state index in [1.807, 2.05) is 12.1 Å². The lowest BCUT2D eigenvalue weighted by Crippen LogP contribution is -3.14. The van der Waals surface area contributed by atoms with Gasteiger partial charge in [-0.3, -0.25) is 9.59 Å². The smallest absolute Gasteiger partial charge is 0.295 e. The van der Waals surface area contributed by atoms with Gasteiger partial charge in [0.05, 0.1) is 32.3 Å². The van der Waals surface area contributed by atoms with Crippen molar-refractivity contribution in [2.24, 2.45) is 0 Å². The second-order valence-corrected chi connectivity index (χ2v) is 8.12. The number of rotatable bonds is 8. The topological polar surface area (TPSA) is 83.3 Å². The molecule has 33 heavy (non-hydrogen) atoms. The molecule has 0 aromatic heterocycles. The molecule has 2 aromatic rings. The van der Waals surface area contributed by atoms with Crippen molar-refractivity contribution in [3.63, 3.8) is 0 Å². The number of hydrogen-bond donors (Lipinski definition) is 1. The molecule has 2 aliphatic heterocycles. The zero-order chi connectivity index (χ0) is 23.2. The van der Waals surface area contributed by atoms with Crippen molar-refractivity contribution in [3.05, 3.63) is 84.0 Å². The summed E-state index contributed by atoms with van der Waals surface area (Å²) in [5, 5.41) is 13.4. The Hall–Kier alpha value is -3.42. The number of ketones is 1. The zero-order valence-electron chi connectivity index (χ0n) is 18.5. The van der Waals surface area contributed by atoms with Crippen molar-refractivity contribution >= 4 is 17.4 Å². The number of Topliss-reactive ketones (excluding diaryl/α,β-unsaturated/α-hetero) is 1. The minimum absolute atomic E-state index is 0.00272. The van der Waals surface area contributed by atoms with Gasteiger partial charge < -0.3 is 24.4 Å². The van der Waals surface area contributed by atoms with Gasteiger partial charge in [-0.05, 0) is 23.3 Å². The average molecular weight is 449 g/mol. The maximum Gasteiger partial charge on any atom is 0.295 e. The van der Waals surface area contributed by atoms with Crippen molar-refractivity contribution in [1.82, 2.24) is 4.90 Å². The second kappa shape index (κ2) is 10.5. The number of morpholine rings is 1. The average Bonchev–Trinajstić information content (AvgIpc) is 3.12. The van der Waals surface area contributed by atoms with Crippen molar-refractivity contribution in [3.8, 4) is 5.75 Å². The molecule has 1 amide bonds. The highest BCUT2D eigenvalue weighted by atomic mass is 16.5. The number of ether oxygens (including phenoxy) is 2. The first-order chi connectivity index (χ1) is 16.1. The number of carbonyl (C=O) groups is 2. The molecule has 7 heteroatoms. The molecular formula is C26H28N2O5. The van der Waals surface area contributed by atoms with Crippen molar-refractivity contribution in [2.45, 2.75) is 6.04 Å². The Bertz CT molecular complexity index is 1030. The molecule has 1 unspecified atom stereocenters. The first-order valence-electron chi connectivity index (χ1n) is 11.2. The Morgan fingerprint density at radius 1 is 1.12 bits per heavy atom. The van der Waals surface area contributed by atoms with E-state index < -0.39 is 23.5 Å². The highest BCUT2D eigenvalue weighted by Crippen LogP contribution is 2.38. The fourth-order valence-electron chi connectivity index (χ4n) is 4.28. The Morgan fingerprint density at radius 3 is 2.48 bits per heavy atom. The van der Waals surface area contributed by atoms with Crippen LogP contribution in [0.1, 0.15) is 17.2 Å². The fourth-order valence-corrected chi connectivity index (χ4v) is 4.28. The number of benzene rings is 2. The number of hydrogen-bond acceptors (Lipinski definition) is 5. The summed E-state index contributed by atoms with van der Waals surface area (Å²) in [6.45, 7) is 8.16. The minimum Gasteiger partial charge on any atom is -0.872 e. The first-order valence-corrected chi connectivity index (χ1v) is 11.2. The van der Waals surface area contributed by atoms with Crippen LogP contribution < -0.4 is 14.7 Å². The molecule has 172 valence electrons. The quantitative estimate of drug-likeness (QED) is 0.273. The van der Waals surface area contributed by atoms with E-state index >= 15 is 0 Å². The van der Waals surface area contributed by atoms with Crippen LogP contribution in [-0.4, -0.2) is 62.6 Å². The van der Waals surface area contributed by atoms with Crippen molar-refractivity contribution < 1.29 is 29.1 Å². The molecule has 4 rings (SSSR count). The van der Waals surface area contributed by atoms with Gasteiger partial charge in [0.2, 0.25) is 5.78 Å². The Balaban J connectivity index is 1.69. The van der Waals surface area contributed by atoms with Crippen LogP contribution in [0.5, 0.6) is 5.75 Å². The SMILES string of the molecule is C=CCOc1ccc(C2/C(=C(\[O-])c3ccccc3)C(=O)C(=O)N2CC[NH+]2CCOCC2)cc1. The predicted octanol–water partition coefficient (Wildman–Crippen LogP) is 0.391. The van der Waals surface area contributed by atoms with Crippen molar-refractivity contribution in [2.75, 3.05) is 46.0 Å². The molecule has 0 spiro atoms. The lowest BCUT2D eigenvalue weighted by Gasteiger charge is -2.30. The Kier molecular flexibility index (Phi) is 7.22. The maximum atomic E-state index is 13.4. The summed E-state index contributed by atoms with van der Waals surface area (Å²) in [5.74, 6) is -1.11. The molecule has 0 aliphatic carbocycles. The van der Waals surface area contributed by atoms with Crippen LogP contribution in [0.2, 0.25) is 0 Å². The molecule has 7 nitrogen and oxygen atoms in total. The lowest BCUT2D eigenvalue weighted by molar-refractivity contribution is -0.907. The highest BCUT2D eigenvalue weighted by Gasteiger charge is 2.44. The van der Waals surface area contributed by atoms with E-state index in [1.165, 1.54) is 4.90 Å². The summed E-state index contributed by atoms with van der Waals surface area (Å²) >= 11 is 0. The van der Waals surface area contributed by atoms with Gasteiger partial charge in [0.1, 0.15) is 25.4 Å². The molecule has 0 bridgehead atoms. The van der Waals surface area contributed by atoms with E-state index in [0.717, 1.165) is 13.1 Å². The molecule has 0 radical (unpaired) electrons. The molecule has 2 aromatic carbocycles. The minimum atomic E-state index is -0.730. The summed E-state index contributed by atoms with van der Waals surface area (Å²) in [5.41, 5.74) is 1.10. The molecule has 2 aliphatic rings. The van der Waals surface area contributed by atoms with Gasteiger partial charge >= 0.3 is 0 Å². The Labute approximate surface area is 193 Å². The van der Waals surface area contributed by atoms with Crippen molar-refractivity contribution in [1.29, 1.82) is 0 Å². The van der Waals surface area contributed by atoms with E-state index in [0.29, 0.717) is 49.8 Å². The third kappa shape index (κ3) is 4.99. The van der Waals surface area contributed by atoms with Crippen LogP contribution in [0.15, 0.2) is 72.8 Å². The van der Waals surface area contributed by atoms with Crippen LogP contribution in [-0.2, 0) is 14.3 Å². The number of quaternary nitrogens is 1. The van der Waals surface area contributed by atoms with Gasteiger partial charge in [-0.25, -0.2) is 0 Å². The number of likely N-dealkylation sites (tertiary alicyclic amines) is 1. The van der Waals surface area contributed by atoms with Gasteiger partial charge in [-0.2, -0.15) is 0 Å². The second-order valence-electron chi connectivity index (χ2n) is 8.12. The standard InChI is InChI=1S/C26H28N2O5/c1-2-16-33-21-10-8-19(9-11-21)23-22(24(29)20-6-4-3-5-7-20)25(30)26(31)28(23)13-12-27-14-17-32-18-15-27/h2-11,23,29H,1,12-18H2/b24-22+. The molecule has 2 saturated heterocycles. The highest BCUT2D eigenvalue weighted by molar-refractivity contribution is 6.46. The maximum absolute atomic E-state index is 13.4. The number of nitrogens with zero attached hydrogens (tertiary/aromatic N) is 1. The van der Waals surface area contributed by atoms with Gasteiger partial charge in [0.25, 0.3) is 5.91 Å². The van der Waals surface area contributed by atoms with E-state index in [4.69, 9.17) is 9.47 Å². The summed E-state index contributed by atoms with van der Waals surface area (Å²) in [6, 6.07) is 15.1. The summed E-state index contributed by atoms with van der Waals surface area (Å²) in [7, 11) is 0. The van der Waals surface area contributed by atoms with Gasteiger partial charge in [-0.1, -0.05) is 60.9 Å². The monoisotopic (exact) mass is 448 g/mol. The van der Waals surface area contributed by atoms with Gasteiger partial charge in [0.15, 0.2) is 0 Å². The van der Waals surface area contributed by atoms with Crippen LogP contribution in [0.25, 0.3) is 5.76 Å². The predicted molar refractivity (Wildman–Crippen MR) is 121 cm³/mol. The van der Waals surface area contributed by atoms with Crippen LogP contribution in [0.3, 0.4) is 0 Å². The fraction of sp³-hybridized carbons (Fsp3) is 0.308. The van der Waals surface area contributed by atoms with E-state index in [9.17, 15) is 14.7 Å². The van der Waals surface area contributed by atoms with Gasteiger partial charge in [0, 0.05) is 5.57 Å². The largest absolute Gasteiger partial charge is 0.872 e. The van der Waals surface area contributed by atoms with Crippen LogP contribution in [0.4, 0.5) is 0 Å². The Morgan fingerprint density at radius 2 is 1.82 bits per heavy atom. The number of carbonyl (C=O) groups excluding carboxylic acids is 2. The third-order valence-corrected chi connectivity index (χ3v) is 6.04. The summed E-state index contributed by atoms with van der Waals surface area (Å²) < 4.78 is 11.0. The molecule has 2 heterocycles. The molecule has 1 N–H and O–H groups in total. The summed E-state index contributed by atoms with van der Waals surface area (Å²) in [6.07, 6.45) is 1.66. The van der Waals surface area contributed by atoms with Crippen LogP contribution >= 0.6 is 0 Å². The van der Waals surface area contributed by atoms with E-state index in [2.05, 4.69) is 6.58 Å². The van der Waals surface area contributed by atoms with E-state index in [1.54, 1.807) is 53.4 Å². The van der Waals surface area contributed by atoms with Crippen LogP contribution in [0, 0.1) is 0 Å². The molecule has 0 saturated carbocycles. The molecular weight excluding hydrogens is 420 g/mol. The molecule has 2 fully saturated rings. The number of nitrogens with one attached hydrogen (secondary N) is 1. The first kappa shape index (κ1) is 22.8.